The fraction of sp³-hybridized carbons (Fsp3) is 0.400. The average molecular weight is 612 g/mol. The molecule has 0 fully saturated rings. The number of methoxy groups -OCH3 is 1. The first kappa shape index (κ1) is 31.5. The number of ether oxygens (including phenoxy) is 2. The number of fused-ring (bicyclic) bond motifs is 4. The van der Waals surface area contributed by atoms with Crippen molar-refractivity contribution in [2.24, 2.45) is 5.92 Å². The Kier molecular flexibility index (Phi) is 10.4. The molecule has 230 valence electrons. The summed E-state index contributed by atoms with van der Waals surface area (Å²) < 4.78 is 39.0. The molecule has 1 aromatic heterocycles. The standard InChI is InChI=1S/C30H37N5O7S/c1-21(2)28-30(38)32-13-15-34-14-12-31-29(34)22-9-10-24(41-3)25(19-22)42-17-16-35(20-26(36)33-28)27(37)11-18-43(39,40)23-7-5-4-6-8-23/h4-10,12,14,19,21,28H,11,13,15-18,20H2,1-3H3,(H,32,38)(H,33,36)/t28-/m1/s1. The molecule has 0 aliphatic carbocycles. The number of imidazole rings is 1. The van der Waals surface area contributed by atoms with Gasteiger partial charge in [-0.1, -0.05) is 32.0 Å². The normalized spacial score (nSPS) is 16.8. The number of nitrogens with zero attached hydrogens (tertiary/aromatic N) is 3. The molecule has 2 bridgehead atoms. The maximum atomic E-state index is 13.3. The van der Waals surface area contributed by atoms with Crippen LogP contribution in [-0.2, 0) is 30.8 Å². The molecule has 43 heavy (non-hydrogen) atoms. The van der Waals surface area contributed by atoms with Crippen molar-refractivity contribution in [3.8, 4) is 22.9 Å². The third-order valence-corrected chi connectivity index (χ3v) is 8.78. The molecule has 1 atom stereocenters. The molecule has 0 saturated heterocycles. The summed E-state index contributed by atoms with van der Waals surface area (Å²) in [6.07, 6.45) is 3.14. The predicted octanol–water partition coefficient (Wildman–Crippen LogP) is 1.90. The van der Waals surface area contributed by atoms with E-state index in [9.17, 15) is 22.8 Å². The Bertz CT molecular complexity index is 1540. The number of amides is 3. The maximum absolute atomic E-state index is 13.3. The van der Waals surface area contributed by atoms with Crippen LogP contribution in [0.3, 0.4) is 0 Å². The lowest BCUT2D eigenvalue weighted by molar-refractivity contribution is -0.137. The lowest BCUT2D eigenvalue weighted by Gasteiger charge is -2.26. The molecular weight excluding hydrogens is 574 g/mol. The lowest BCUT2D eigenvalue weighted by Crippen LogP contribution is -2.53. The fourth-order valence-electron chi connectivity index (χ4n) is 4.70. The van der Waals surface area contributed by atoms with Gasteiger partial charge in [-0.3, -0.25) is 14.4 Å². The van der Waals surface area contributed by atoms with Crippen LogP contribution < -0.4 is 20.1 Å². The van der Waals surface area contributed by atoms with Gasteiger partial charge in [-0.25, -0.2) is 13.4 Å². The number of carbonyl (C=O) groups excluding carboxylic acids is 3. The van der Waals surface area contributed by atoms with Crippen molar-refractivity contribution in [1.29, 1.82) is 0 Å². The van der Waals surface area contributed by atoms with Crippen LogP contribution in [-0.4, -0.2) is 85.7 Å². The van der Waals surface area contributed by atoms with Crippen molar-refractivity contribution in [3.63, 3.8) is 0 Å². The van der Waals surface area contributed by atoms with E-state index < -0.39 is 33.4 Å². The summed E-state index contributed by atoms with van der Waals surface area (Å²) in [5.74, 6) is -0.543. The average Bonchev–Trinajstić information content (AvgIpc) is 3.46. The minimum absolute atomic E-state index is 0.00714. The van der Waals surface area contributed by atoms with E-state index in [1.165, 1.54) is 24.1 Å². The molecule has 2 aromatic carbocycles. The first-order valence-corrected chi connectivity index (χ1v) is 15.7. The van der Waals surface area contributed by atoms with Gasteiger partial charge in [0.25, 0.3) is 0 Å². The smallest absolute Gasteiger partial charge is 0.242 e. The maximum Gasteiger partial charge on any atom is 0.242 e. The second-order valence-electron chi connectivity index (χ2n) is 10.4. The van der Waals surface area contributed by atoms with Gasteiger partial charge in [0, 0.05) is 37.5 Å². The number of sulfone groups is 1. The van der Waals surface area contributed by atoms with Gasteiger partial charge in [-0.2, -0.15) is 0 Å². The van der Waals surface area contributed by atoms with Gasteiger partial charge in [0.2, 0.25) is 17.7 Å². The van der Waals surface area contributed by atoms with Gasteiger partial charge in [-0.15, -0.1) is 0 Å². The van der Waals surface area contributed by atoms with E-state index in [1.54, 1.807) is 36.5 Å². The lowest BCUT2D eigenvalue weighted by atomic mass is 10.0. The van der Waals surface area contributed by atoms with E-state index in [0.717, 1.165) is 5.56 Å². The van der Waals surface area contributed by atoms with E-state index >= 15 is 0 Å². The van der Waals surface area contributed by atoms with Crippen LogP contribution in [0.15, 0.2) is 65.8 Å². The third-order valence-electron chi connectivity index (χ3n) is 7.05. The minimum atomic E-state index is -3.72. The van der Waals surface area contributed by atoms with Crippen LogP contribution >= 0.6 is 0 Å². The second-order valence-corrected chi connectivity index (χ2v) is 12.5. The van der Waals surface area contributed by atoms with Crippen molar-refractivity contribution in [3.05, 3.63) is 60.9 Å². The summed E-state index contributed by atoms with van der Waals surface area (Å²) in [6.45, 7) is 3.96. The molecule has 13 heteroatoms. The number of benzene rings is 2. The molecule has 3 amide bonds. The number of hydrogen-bond donors (Lipinski definition) is 2. The van der Waals surface area contributed by atoms with Gasteiger partial charge in [-0.05, 0) is 36.2 Å². The summed E-state index contributed by atoms with van der Waals surface area (Å²) in [6, 6.07) is 12.4. The van der Waals surface area contributed by atoms with Crippen LogP contribution in [0.4, 0.5) is 0 Å². The zero-order chi connectivity index (χ0) is 31.0. The molecule has 0 spiro atoms. The zero-order valence-corrected chi connectivity index (χ0v) is 25.3. The Hall–Kier alpha value is -4.39. The Balaban J connectivity index is 1.59. The van der Waals surface area contributed by atoms with E-state index in [2.05, 4.69) is 15.6 Å². The van der Waals surface area contributed by atoms with Crippen molar-refractivity contribution < 1.29 is 32.3 Å². The Morgan fingerprint density at radius 3 is 2.63 bits per heavy atom. The van der Waals surface area contributed by atoms with Gasteiger partial charge in [0.05, 0.1) is 30.8 Å². The summed E-state index contributed by atoms with van der Waals surface area (Å²) in [5.41, 5.74) is 0.757. The Labute approximate surface area is 251 Å². The molecular formula is C30H37N5O7S. The Morgan fingerprint density at radius 2 is 1.91 bits per heavy atom. The zero-order valence-electron chi connectivity index (χ0n) is 24.5. The van der Waals surface area contributed by atoms with Gasteiger partial charge < -0.3 is 29.6 Å². The molecule has 0 radical (unpaired) electrons. The Morgan fingerprint density at radius 1 is 1.14 bits per heavy atom. The number of carbonyl (C=O) groups is 3. The van der Waals surface area contributed by atoms with E-state index in [0.29, 0.717) is 30.4 Å². The summed E-state index contributed by atoms with van der Waals surface area (Å²) in [7, 11) is -2.20. The highest BCUT2D eigenvalue weighted by Crippen LogP contribution is 2.32. The first-order chi connectivity index (χ1) is 20.6. The molecule has 1 aliphatic heterocycles. The molecule has 0 unspecified atom stereocenters. The molecule has 2 N–H and O–H groups in total. The van der Waals surface area contributed by atoms with Crippen LogP contribution in [0.2, 0.25) is 0 Å². The topological polar surface area (TPSA) is 149 Å². The first-order valence-electron chi connectivity index (χ1n) is 14.0. The van der Waals surface area contributed by atoms with Crippen molar-refractivity contribution >= 4 is 27.6 Å². The SMILES string of the molecule is COc1ccc2cc1OCCN(C(=O)CCS(=O)(=O)c1ccccc1)CC(=O)N[C@H](C(C)C)C(=O)NCCn1ccnc1-2. The van der Waals surface area contributed by atoms with Gasteiger partial charge in [0.15, 0.2) is 21.3 Å². The van der Waals surface area contributed by atoms with E-state index in [1.807, 2.05) is 30.7 Å². The summed E-state index contributed by atoms with van der Waals surface area (Å²) in [5, 5.41) is 5.61. The van der Waals surface area contributed by atoms with Crippen molar-refractivity contribution in [2.75, 3.05) is 39.1 Å². The van der Waals surface area contributed by atoms with E-state index in [4.69, 9.17) is 9.47 Å². The minimum Gasteiger partial charge on any atom is -0.493 e. The van der Waals surface area contributed by atoms with Gasteiger partial charge >= 0.3 is 0 Å². The molecule has 12 nitrogen and oxygen atoms in total. The van der Waals surface area contributed by atoms with Crippen LogP contribution in [0.25, 0.3) is 11.4 Å². The summed E-state index contributed by atoms with van der Waals surface area (Å²) in [4.78, 5) is 45.3. The van der Waals surface area contributed by atoms with Gasteiger partial charge in [0.1, 0.15) is 18.5 Å². The number of aromatic nitrogens is 2. The van der Waals surface area contributed by atoms with Crippen LogP contribution in [0.5, 0.6) is 11.5 Å². The largest absolute Gasteiger partial charge is 0.493 e. The quantitative estimate of drug-likeness (QED) is 0.430. The van der Waals surface area contributed by atoms with Crippen molar-refractivity contribution in [1.82, 2.24) is 25.1 Å². The van der Waals surface area contributed by atoms with Crippen LogP contribution in [0, 0.1) is 5.92 Å². The third kappa shape index (κ3) is 8.13. The number of hydrogen-bond acceptors (Lipinski definition) is 8. The molecule has 4 rings (SSSR count). The molecule has 2 heterocycles. The van der Waals surface area contributed by atoms with Crippen LogP contribution in [0.1, 0.15) is 20.3 Å². The number of nitrogens with one attached hydrogen (secondary N) is 2. The van der Waals surface area contributed by atoms with E-state index in [-0.39, 0.29) is 42.8 Å². The molecule has 3 aromatic rings. The highest BCUT2D eigenvalue weighted by molar-refractivity contribution is 7.91. The summed E-state index contributed by atoms with van der Waals surface area (Å²) >= 11 is 0. The monoisotopic (exact) mass is 611 g/mol. The molecule has 1 aliphatic rings. The number of rotatable bonds is 6. The highest BCUT2D eigenvalue weighted by atomic mass is 32.2. The molecule has 0 saturated carbocycles. The highest BCUT2D eigenvalue weighted by Gasteiger charge is 2.27. The second kappa shape index (κ2) is 14.2. The fourth-order valence-corrected chi connectivity index (χ4v) is 5.95. The predicted molar refractivity (Wildman–Crippen MR) is 159 cm³/mol. The van der Waals surface area contributed by atoms with Crippen molar-refractivity contribution in [2.45, 2.75) is 37.8 Å².